The molecule has 3 aromatic rings. The van der Waals surface area contributed by atoms with Crippen molar-refractivity contribution in [1.29, 1.82) is 0 Å². The monoisotopic (exact) mass is 468 g/mol. The van der Waals surface area contributed by atoms with E-state index in [0.717, 1.165) is 19.0 Å². The fourth-order valence-electron chi connectivity index (χ4n) is 3.97. The van der Waals surface area contributed by atoms with Crippen LogP contribution in [0.2, 0.25) is 0 Å². The van der Waals surface area contributed by atoms with E-state index in [9.17, 15) is 21.6 Å². The molecule has 4 rings (SSSR count). The number of sulfonamides is 1. The molecule has 172 valence electrons. The van der Waals surface area contributed by atoms with Crippen molar-refractivity contribution in [3.63, 3.8) is 0 Å². The van der Waals surface area contributed by atoms with Crippen LogP contribution in [0.3, 0.4) is 0 Å². The Hall–Kier alpha value is -2.70. The Labute approximate surface area is 183 Å². The average Bonchev–Trinajstić information content (AvgIpc) is 3.18. The van der Waals surface area contributed by atoms with Crippen LogP contribution < -0.4 is 11.5 Å². The predicted octanol–water partition coefficient (Wildman–Crippen LogP) is 2.67. The zero-order chi connectivity index (χ0) is 23.3. The number of aromatic nitrogens is 3. The quantitative estimate of drug-likeness (QED) is 0.608. The minimum atomic E-state index is -4.70. The van der Waals surface area contributed by atoms with Crippen LogP contribution in [-0.4, -0.2) is 46.7 Å². The molecule has 12 heteroatoms. The topological polar surface area (TPSA) is 120 Å². The fraction of sp³-hybridized carbons (Fsp3) is 0.400. The van der Waals surface area contributed by atoms with Gasteiger partial charge < -0.3 is 11.5 Å². The smallest absolute Gasteiger partial charge is 0.381 e. The average molecular weight is 469 g/mol. The summed E-state index contributed by atoms with van der Waals surface area (Å²) in [5.74, 6) is -0.271. The van der Waals surface area contributed by atoms with Crippen LogP contribution in [0, 0.1) is 12.8 Å². The molecular weight excluding hydrogens is 445 g/mol. The first-order valence-corrected chi connectivity index (χ1v) is 11.5. The van der Waals surface area contributed by atoms with E-state index in [1.807, 2.05) is 0 Å². The number of aryl methyl sites for hydroxylation is 1. The number of benzene rings is 1. The first-order chi connectivity index (χ1) is 15.0. The van der Waals surface area contributed by atoms with Gasteiger partial charge >= 0.3 is 6.18 Å². The van der Waals surface area contributed by atoms with Gasteiger partial charge in [0.25, 0.3) is 0 Å². The van der Waals surface area contributed by atoms with E-state index in [-0.39, 0.29) is 28.0 Å². The summed E-state index contributed by atoms with van der Waals surface area (Å²) >= 11 is 0. The first-order valence-electron chi connectivity index (χ1n) is 10.0. The summed E-state index contributed by atoms with van der Waals surface area (Å²) in [5.41, 5.74) is 11.7. The van der Waals surface area contributed by atoms with E-state index in [0.29, 0.717) is 30.8 Å². The Balaban J connectivity index is 1.82. The highest BCUT2D eigenvalue weighted by molar-refractivity contribution is 7.89. The highest BCUT2D eigenvalue weighted by Gasteiger charge is 2.34. The lowest BCUT2D eigenvalue weighted by atomic mass is 10.0. The number of alkyl halides is 3. The zero-order valence-electron chi connectivity index (χ0n) is 17.3. The number of fused-ring (bicyclic) bond motifs is 1. The summed E-state index contributed by atoms with van der Waals surface area (Å²) in [6, 6.07) is 4.59. The molecule has 1 aliphatic rings. The summed E-state index contributed by atoms with van der Waals surface area (Å²) < 4.78 is 68.9. The molecule has 0 bridgehead atoms. The lowest BCUT2D eigenvalue weighted by Crippen LogP contribution is -2.41. The van der Waals surface area contributed by atoms with Crippen molar-refractivity contribution < 1.29 is 21.6 Å². The third-order valence-electron chi connectivity index (χ3n) is 5.75. The van der Waals surface area contributed by atoms with Crippen LogP contribution in [0.1, 0.15) is 24.1 Å². The predicted molar refractivity (Wildman–Crippen MR) is 113 cm³/mol. The Morgan fingerprint density at radius 3 is 2.72 bits per heavy atom. The second kappa shape index (κ2) is 8.01. The van der Waals surface area contributed by atoms with Crippen molar-refractivity contribution in [2.75, 3.05) is 25.4 Å². The summed E-state index contributed by atoms with van der Waals surface area (Å²) in [5, 5.41) is 0. The van der Waals surface area contributed by atoms with E-state index >= 15 is 0 Å². The van der Waals surface area contributed by atoms with Gasteiger partial charge in [0.2, 0.25) is 10.0 Å². The number of halogens is 3. The van der Waals surface area contributed by atoms with Crippen LogP contribution in [0.4, 0.5) is 19.0 Å². The Morgan fingerprint density at radius 1 is 1.28 bits per heavy atom. The number of imidazole rings is 1. The van der Waals surface area contributed by atoms with Gasteiger partial charge in [-0.15, -0.1) is 0 Å². The molecule has 0 aliphatic carbocycles. The van der Waals surface area contributed by atoms with E-state index in [1.165, 1.54) is 27.0 Å². The molecule has 0 amide bonds. The number of hydrogen-bond acceptors (Lipinski definition) is 6. The Morgan fingerprint density at radius 2 is 2.03 bits per heavy atom. The standard InChI is InChI=1S/C20H23F3N6O2S/c1-12-4-5-14(32(30,31)28-6-2-3-13(8-24)10-28)7-15(12)16-9-26-19-18(25)27-17(11-29(16)19)20(21,22)23/h4-5,7,9,11,13H,2-3,6,8,10,24H2,1H3,(H2,25,27). The van der Waals surface area contributed by atoms with Crippen molar-refractivity contribution in [2.24, 2.45) is 11.7 Å². The molecule has 4 N–H and O–H groups in total. The van der Waals surface area contributed by atoms with Crippen molar-refractivity contribution in [3.05, 3.63) is 41.9 Å². The van der Waals surface area contributed by atoms with Gasteiger partial charge in [0, 0.05) is 24.8 Å². The summed E-state index contributed by atoms with van der Waals surface area (Å²) in [6.45, 7) is 2.89. The van der Waals surface area contributed by atoms with Crippen molar-refractivity contribution in [1.82, 2.24) is 18.7 Å². The molecule has 32 heavy (non-hydrogen) atoms. The van der Waals surface area contributed by atoms with Gasteiger partial charge in [0.1, 0.15) is 0 Å². The molecule has 2 aromatic heterocycles. The van der Waals surface area contributed by atoms with Crippen LogP contribution in [0.5, 0.6) is 0 Å². The lowest BCUT2D eigenvalue weighted by molar-refractivity contribution is -0.141. The van der Waals surface area contributed by atoms with E-state index in [4.69, 9.17) is 11.5 Å². The number of nitrogens with zero attached hydrogens (tertiary/aromatic N) is 4. The van der Waals surface area contributed by atoms with Gasteiger partial charge in [-0.3, -0.25) is 4.40 Å². The van der Waals surface area contributed by atoms with Crippen LogP contribution in [0.25, 0.3) is 16.9 Å². The maximum Gasteiger partial charge on any atom is 0.434 e. The molecule has 1 aliphatic heterocycles. The number of rotatable bonds is 4. The molecule has 1 unspecified atom stereocenters. The molecular formula is C20H23F3N6O2S. The van der Waals surface area contributed by atoms with Crippen molar-refractivity contribution >= 4 is 21.5 Å². The van der Waals surface area contributed by atoms with Crippen LogP contribution in [-0.2, 0) is 16.2 Å². The normalized spacial score (nSPS) is 18.3. The van der Waals surface area contributed by atoms with Gasteiger partial charge in [-0.1, -0.05) is 6.07 Å². The maximum atomic E-state index is 13.3. The van der Waals surface area contributed by atoms with Gasteiger partial charge in [-0.05, 0) is 49.9 Å². The van der Waals surface area contributed by atoms with Crippen molar-refractivity contribution in [3.8, 4) is 11.3 Å². The highest BCUT2D eigenvalue weighted by Crippen LogP contribution is 2.33. The second-order valence-corrected chi connectivity index (χ2v) is 9.87. The third kappa shape index (κ3) is 3.93. The number of hydrogen-bond donors (Lipinski definition) is 2. The summed E-state index contributed by atoms with van der Waals surface area (Å²) in [4.78, 5) is 7.55. The molecule has 0 saturated carbocycles. The minimum absolute atomic E-state index is 0.0579. The largest absolute Gasteiger partial charge is 0.434 e. The van der Waals surface area contributed by atoms with Crippen LogP contribution in [0.15, 0.2) is 35.5 Å². The molecule has 0 spiro atoms. The molecule has 1 saturated heterocycles. The Kier molecular flexibility index (Phi) is 5.63. The molecule has 0 radical (unpaired) electrons. The SMILES string of the molecule is Cc1ccc(S(=O)(=O)N2CCCC(CN)C2)cc1-c1cnc2c(N)nc(C(F)(F)F)cn12. The van der Waals surface area contributed by atoms with Gasteiger partial charge in [-0.2, -0.15) is 17.5 Å². The van der Waals surface area contributed by atoms with Gasteiger partial charge in [0.15, 0.2) is 17.2 Å². The second-order valence-electron chi connectivity index (χ2n) is 7.93. The molecule has 1 atom stereocenters. The molecule has 8 nitrogen and oxygen atoms in total. The van der Waals surface area contributed by atoms with E-state index in [1.54, 1.807) is 13.0 Å². The van der Waals surface area contributed by atoms with Gasteiger partial charge in [-0.25, -0.2) is 18.4 Å². The number of nitrogens with two attached hydrogens (primary N) is 2. The fourth-order valence-corrected chi connectivity index (χ4v) is 5.55. The molecule has 1 fully saturated rings. The van der Waals surface area contributed by atoms with E-state index < -0.39 is 21.9 Å². The van der Waals surface area contributed by atoms with Crippen LogP contribution >= 0.6 is 0 Å². The molecule has 3 heterocycles. The lowest BCUT2D eigenvalue weighted by Gasteiger charge is -2.31. The van der Waals surface area contributed by atoms with Gasteiger partial charge in [0.05, 0.1) is 16.8 Å². The minimum Gasteiger partial charge on any atom is -0.381 e. The molecule has 1 aromatic carbocycles. The number of anilines is 1. The highest BCUT2D eigenvalue weighted by atomic mass is 32.2. The summed E-state index contributed by atoms with van der Waals surface area (Å²) in [6.07, 6.45) is -0.930. The maximum absolute atomic E-state index is 13.3. The van der Waals surface area contributed by atoms with Crippen molar-refractivity contribution in [2.45, 2.75) is 30.8 Å². The number of piperidine rings is 1. The summed E-state index contributed by atoms with van der Waals surface area (Å²) in [7, 11) is -3.80. The van der Waals surface area contributed by atoms with E-state index in [2.05, 4.69) is 9.97 Å². The Bertz CT molecular complexity index is 1270. The zero-order valence-corrected chi connectivity index (χ0v) is 18.1. The third-order valence-corrected chi connectivity index (χ3v) is 7.61. The number of nitrogen functional groups attached to an aromatic ring is 1. The first kappa shape index (κ1) is 22.5.